The number of carbonyl (C=O) groups is 2. The molecular formula is C13H28N2O4. The van der Waals surface area contributed by atoms with E-state index in [4.69, 9.17) is 21.7 Å². The van der Waals surface area contributed by atoms with Crippen LogP contribution in [-0.2, 0) is 9.59 Å². The first kappa shape index (κ1) is 20.2. The molecule has 0 rings (SSSR count). The topological polar surface area (TPSA) is 127 Å². The molecule has 0 saturated heterocycles. The Bertz CT molecular complexity index is 201. The van der Waals surface area contributed by atoms with Gasteiger partial charge in [0.15, 0.2) is 0 Å². The third-order valence-corrected chi connectivity index (χ3v) is 2.44. The minimum atomic E-state index is -0.870. The second kappa shape index (κ2) is 16.9. The Kier molecular flexibility index (Phi) is 17.9. The molecule has 0 atom stereocenters. The van der Waals surface area contributed by atoms with Crippen LogP contribution in [0.3, 0.4) is 0 Å². The van der Waals surface area contributed by atoms with Gasteiger partial charge in [-0.1, -0.05) is 19.3 Å². The smallest absolute Gasteiger partial charge is 0.303 e. The van der Waals surface area contributed by atoms with Gasteiger partial charge in [0.05, 0.1) is 0 Å². The van der Waals surface area contributed by atoms with E-state index in [9.17, 15) is 9.59 Å². The lowest BCUT2D eigenvalue weighted by Crippen LogP contribution is -1.99. The Hall–Kier alpha value is -1.14. The lowest BCUT2D eigenvalue weighted by Gasteiger charge is -1.96. The number of hydrogen-bond acceptors (Lipinski definition) is 4. The maximum Gasteiger partial charge on any atom is 0.303 e. The van der Waals surface area contributed by atoms with Crippen LogP contribution in [0.5, 0.6) is 0 Å². The number of unbranched alkanes of at least 4 members (excludes halogenated alkanes) is 5. The zero-order chi connectivity index (χ0) is 14.9. The van der Waals surface area contributed by atoms with E-state index < -0.39 is 11.9 Å². The SMILES string of the molecule is NCCCCCCCN.O=C(O)CCCCC(=O)O. The van der Waals surface area contributed by atoms with Crippen LogP contribution in [0.25, 0.3) is 0 Å². The Morgan fingerprint density at radius 1 is 0.632 bits per heavy atom. The van der Waals surface area contributed by atoms with Gasteiger partial charge in [-0.3, -0.25) is 9.59 Å². The summed E-state index contributed by atoms with van der Waals surface area (Å²) in [7, 11) is 0. The molecule has 0 saturated carbocycles. The van der Waals surface area contributed by atoms with Crippen molar-refractivity contribution in [1.29, 1.82) is 0 Å². The molecule has 6 nitrogen and oxygen atoms in total. The Balaban J connectivity index is 0. The van der Waals surface area contributed by atoms with Gasteiger partial charge < -0.3 is 21.7 Å². The Labute approximate surface area is 115 Å². The zero-order valence-corrected chi connectivity index (χ0v) is 11.6. The van der Waals surface area contributed by atoms with Crippen LogP contribution in [0.4, 0.5) is 0 Å². The highest BCUT2D eigenvalue weighted by molar-refractivity contribution is 5.67. The highest BCUT2D eigenvalue weighted by Crippen LogP contribution is 2.00. The van der Waals surface area contributed by atoms with Gasteiger partial charge in [0, 0.05) is 12.8 Å². The molecule has 0 unspecified atom stereocenters. The minimum Gasteiger partial charge on any atom is -0.481 e. The van der Waals surface area contributed by atoms with Crippen molar-refractivity contribution in [3.63, 3.8) is 0 Å². The molecule has 0 amide bonds. The lowest BCUT2D eigenvalue weighted by molar-refractivity contribution is -0.139. The summed E-state index contributed by atoms with van der Waals surface area (Å²) in [6, 6.07) is 0. The van der Waals surface area contributed by atoms with Crippen molar-refractivity contribution in [3.8, 4) is 0 Å². The number of carboxylic acids is 2. The van der Waals surface area contributed by atoms with Gasteiger partial charge in [-0.2, -0.15) is 0 Å². The first-order valence-electron chi connectivity index (χ1n) is 6.88. The maximum absolute atomic E-state index is 9.90. The number of hydrogen-bond donors (Lipinski definition) is 4. The molecular weight excluding hydrogens is 248 g/mol. The maximum atomic E-state index is 9.90. The summed E-state index contributed by atoms with van der Waals surface area (Å²) >= 11 is 0. The molecule has 19 heavy (non-hydrogen) atoms. The minimum absolute atomic E-state index is 0.0628. The molecule has 6 N–H and O–H groups in total. The van der Waals surface area contributed by atoms with Gasteiger partial charge in [0.25, 0.3) is 0 Å². The molecule has 0 aromatic carbocycles. The van der Waals surface area contributed by atoms with E-state index in [1.54, 1.807) is 0 Å². The zero-order valence-electron chi connectivity index (χ0n) is 11.6. The van der Waals surface area contributed by atoms with Gasteiger partial charge in [-0.15, -0.1) is 0 Å². The molecule has 0 aromatic rings. The Morgan fingerprint density at radius 3 is 1.21 bits per heavy atom. The van der Waals surface area contributed by atoms with Crippen LogP contribution >= 0.6 is 0 Å². The van der Waals surface area contributed by atoms with Crippen LogP contribution in [0.2, 0.25) is 0 Å². The fraction of sp³-hybridized carbons (Fsp3) is 0.846. The van der Waals surface area contributed by atoms with Crippen LogP contribution in [0.1, 0.15) is 57.8 Å². The highest BCUT2D eigenvalue weighted by Gasteiger charge is 1.99. The van der Waals surface area contributed by atoms with Crippen molar-refractivity contribution in [2.45, 2.75) is 57.8 Å². The summed E-state index contributed by atoms with van der Waals surface area (Å²) in [6.45, 7) is 1.67. The van der Waals surface area contributed by atoms with Crippen molar-refractivity contribution < 1.29 is 19.8 Å². The average molecular weight is 276 g/mol. The average Bonchev–Trinajstić information content (AvgIpc) is 2.35. The predicted octanol–water partition coefficient (Wildman–Crippen LogP) is 1.57. The molecule has 0 spiro atoms. The quantitative estimate of drug-likeness (QED) is 0.424. The van der Waals surface area contributed by atoms with Crippen LogP contribution in [0.15, 0.2) is 0 Å². The fourth-order valence-electron chi connectivity index (χ4n) is 1.37. The molecule has 0 bridgehead atoms. The third-order valence-electron chi connectivity index (χ3n) is 2.44. The summed E-state index contributed by atoms with van der Waals surface area (Å²) < 4.78 is 0. The molecule has 0 aliphatic heterocycles. The summed E-state index contributed by atoms with van der Waals surface area (Å²) in [5.41, 5.74) is 10.6. The van der Waals surface area contributed by atoms with Crippen LogP contribution in [0, 0.1) is 0 Å². The largest absolute Gasteiger partial charge is 0.481 e. The van der Waals surface area contributed by atoms with Gasteiger partial charge >= 0.3 is 11.9 Å². The number of carboxylic acid groups (broad SMARTS) is 2. The van der Waals surface area contributed by atoms with Gasteiger partial charge in [-0.05, 0) is 38.8 Å². The normalized spacial score (nSPS) is 9.58. The first-order valence-corrected chi connectivity index (χ1v) is 6.88. The van der Waals surface area contributed by atoms with Crippen molar-refractivity contribution >= 4 is 11.9 Å². The van der Waals surface area contributed by atoms with Crippen molar-refractivity contribution in [3.05, 3.63) is 0 Å². The molecule has 0 aromatic heterocycles. The van der Waals surface area contributed by atoms with E-state index in [1.165, 1.54) is 32.1 Å². The fourth-order valence-corrected chi connectivity index (χ4v) is 1.37. The third kappa shape index (κ3) is 26.5. The molecule has 6 heteroatoms. The summed E-state index contributed by atoms with van der Waals surface area (Å²) in [4.78, 5) is 19.8. The second-order valence-electron chi connectivity index (χ2n) is 4.34. The molecule has 0 radical (unpaired) electrons. The van der Waals surface area contributed by atoms with Gasteiger partial charge in [0.2, 0.25) is 0 Å². The first-order chi connectivity index (χ1) is 9.04. The van der Waals surface area contributed by atoms with E-state index in [0.29, 0.717) is 12.8 Å². The van der Waals surface area contributed by atoms with E-state index in [2.05, 4.69) is 0 Å². The van der Waals surface area contributed by atoms with Crippen molar-refractivity contribution in [1.82, 2.24) is 0 Å². The molecule has 0 fully saturated rings. The van der Waals surface area contributed by atoms with Gasteiger partial charge in [0.1, 0.15) is 0 Å². The van der Waals surface area contributed by atoms with Crippen LogP contribution in [-0.4, -0.2) is 35.2 Å². The molecule has 114 valence electrons. The number of nitrogens with two attached hydrogens (primary N) is 2. The number of rotatable bonds is 11. The summed E-state index contributed by atoms with van der Waals surface area (Å²) in [6.07, 6.45) is 7.21. The Morgan fingerprint density at radius 2 is 0.947 bits per heavy atom. The van der Waals surface area contributed by atoms with Gasteiger partial charge in [-0.25, -0.2) is 0 Å². The van der Waals surface area contributed by atoms with E-state index in [-0.39, 0.29) is 12.8 Å². The van der Waals surface area contributed by atoms with E-state index in [1.807, 2.05) is 0 Å². The molecule has 0 aliphatic carbocycles. The summed E-state index contributed by atoms with van der Waals surface area (Å²) in [5, 5.41) is 16.3. The van der Waals surface area contributed by atoms with Crippen molar-refractivity contribution in [2.75, 3.05) is 13.1 Å². The second-order valence-corrected chi connectivity index (χ2v) is 4.34. The molecule has 0 aliphatic rings. The highest BCUT2D eigenvalue weighted by atomic mass is 16.4. The van der Waals surface area contributed by atoms with E-state index >= 15 is 0 Å². The van der Waals surface area contributed by atoms with Crippen molar-refractivity contribution in [2.24, 2.45) is 11.5 Å². The summed E-state index contributed by atoms with van der Waals surface area (Å²) in [5.74, 6) is -1.74. The molecule has 0 heterocycles. The standard InChI is InChI=1S/C7H18N2.C6H10O4/c8-6-4-2-1-3-5-7-9;7-5(8)3-1-2-4-6(9)10/h1-9H2;1-4H2,(H,7,8)(H,9,10). The lowest BCUT2D eigenvalue weighted by atomic mass is 10.1. The monoisotopic (exact) mass is 276 g/mol. The van der Waals surface area contributed by atoms with E-state index in [0.717, 1.165) is 13.1 Å². The van der Waals surface area contributed by atoms with Crippen LogP contribution < -0.4 is 11.5 Å². The number of aliphatic carboxylic acids is 2. The predicted molar refractivity (Wildman–Crippen MR) is 74.9 cm³/mol.